The number of aromatic nitrogens is 2. The number of nitrogens with one attached hydrogen (secondary N) is 1. The third-order valence-corrected chi connectivity index (χ3v) is 3.75. The van der Waals surface area contributed by atoms with Crippen LogP contribution in [0.1, 0.15) is 17.0 Å². The zero-order valence-corrected chi connectivity index (χ0v) is 12.2. The smallest absolute Gasteiger partial charge is 0.132 e. The molecule has 3 rings (SSSR count). The molecule has 0 saturated heterocycles. The second-order valence-corrected chi connectivity index (χ2v) is 5.23. The summed E-state index contributed by atoms with van der Waals surface area (Å²) in [5.41, 5.74) is 4.39. The first kappa shape index (κ1) is 13.0. The number of halogens is 1. The van der Waals surface area contributed by atoms with Crippen molar-refractivity contribution in [3.05, 3.63) is 58.5 Å². The molecule has 4 heteroatoms. The van der Waals surface area contributed by atoms with Gasteiger partial charge in [-0.15, -0.1) is 0 Å². The van der Waals surface area contributed by atoms with Gasteiger partial charge >= 0.3 is 0 Å². The first-order valence-corrected chi connectivity index (χ1v) is 6.84. The van der Waals surface area contributed by atoms with E-state index in [0.717, 1.165) is 17.0 Å². The zero-order chi connectivity index (χ0) is 14.1. The molecule has 0 unspecified atom stereocenters. The van der Waals surface area contributed by atoms with Gasteiger partial charge in [0.15, 0.2) is 0 Å². The van der Waals surface area contributed by atoms with Gasteiger partial charge in [0.2, 0.25) is 0 Å². The van der Waals surface area contributed by atoms with Gasteiger partial charge in [0, 0.05) is 22.3 Å². The lowest BCUT2D eigenvalue weighted by Crippen LogP contribution is -1.99. The van der Waals surface area contributed by atoms with E-state index in [1.165, 1.54) is 16.6 Å². The van der Waals surface area contributed by atoms with Gasteiger partial charge in [0.05, 0.1) is 5.52 Å². The molecule has 0 atom stereocenters. The Bertz CT molecular complexity index is 747. The summed E-state index contributed by atoms with van der Waals surface area (Å²) in [4.78, 5) is 7.79. The Hall–Kier alpha value is -2.00. The predicted octanol–water partition coefficient (Wildman–Crippen LogP) is 4.41. The minimum atomic E-state index is 0.429. The lowest BCUT2D eigenvalue weighted by Gasteiger charge is -2.06. The topological polar surface area (TPSA) is 37.9 Å². The fourth-order valence-electron chi connectivity index (χ4n) is 2.23. The van der Waals surface area contributed by atoms with Crippen LogP contribution in [0.5, 0.6) is 5.75 Å². The van der Waals surface area contributed by atoms with E-state index in [1.807, 2.05) is 36.5 Å². The number of fused-ring (bicyclic) bond motifs is 1. The minimum absolute atomic E-state index is 0.429. The fraction of sp³-hybridized carbons (Fsp3) is 0.188. The van der Waals surface area contributed by atoms with E-state index in [1.54, 1.807) is 0 Å². The zero-order valence-electron chi connectivity index (χ0n) is 11.4. The minimum Gasteiger partial charge on any atom is -0.487 e. The molecule has 20 heavy (non-hydrogen) atoms. The molecule has 2 aromatic heterocycles. The van der Waals surface area contributed by atoms with Gasteiger partial charge in [-0.3, -0.25) is 4.98 Å². The van der Waals surface area contributed by atoms with E-state index in [9.17, 15) is 0 Å². The molecule has 0 aliphatic carbocycles. The van der Waals surface area contributed by atoms with Crippen molar-refractivity contribution in [3.8, 4) is 5.75 Å². The molecule has 0 bridgehead atoms. The van der Waals surface area contributed by atoms with Crippen LogP contribution >= 0.6 is 11.6 Å². The molecule has 0 radical (unpaired) electrons. The number of pyridine rings is 1. The van der Waals surface area contributed by atoms with E-state index < -0.39 is 0 Å². The Morgan fingerprint density at radius 3 is 2.65 bits per heavy atom. The molecule has 3 nitrogen and oxygen atoms in total. The van der Waals surface area contributed by atoms with Crippen LogP contribution in [0.2, 0.25) is 5.02 Å². The van der Waals surface area contributed by atoms with Crippen molar-refractivity contribution in [2.45, 2.75) is 20.5 Å². The van der Waals surface area contributed by atoms with Gasteiger partial charge in [-0.2, -0.15) is 0 Å². The summed E-state index contributed by atoms with van der Waals surface area (Å²) in [6.07, 6.45) is 1.82. The molecular weight excluding hydrogens is 272 g/mol. The van der Waals surface area contributed by atoms with Crippen molar-refractivity contribution in [1.82, 2.24) is 9.97 Å². The maximum absolute atomic E-state index is 5.85. The van der Waals surface area contributed by atoms with Gasteiger partial charge in [-0.25, -0.2) is 0 Å². The molecular formula is C16H15ClN2O. The van der Waals surface area contributed by atoms with Crippen molar-refractivity contribution in [1.29, 1.82) is 0 Å². The van der Waals surface area contributed by atoms with Crippen LogP contribution in [0, 0.1) is 13.8 Å². The van der Waals surface area contributed by atoms with Crippen molar-refractivity contribution >= 4 is 22.5 Å². The standard InChI is InChI=1S/C16H15ClN2O/c1-10-11(2)19-16-14(10)7-8-18-15(16)9-20-13-5-3-12(17)4-6-13/h3-8,19H,9H2,1-2H3. The Balaban J connectivity index is 1.87. The summed E-state index contributed by atoms with van der Waals surface area (Å²) in [6, 6.07) is 9.36. The van der Waals surface area contributed by atoms with E-state index in [0.29, 0.717) is 11.6 Å². The van der Waals surface area contributed by atoms with Gasteiger partial charge in [0.25, 0.3) is 0 Å². The number of hydrogen-bond acceptors (Lipinski definition) is 2. The van der Waals surface area contributed by atoms with E-state index in [4.69, 9.17) is 16.3 Å². The molecule has 1 N–H and O–H groups in total. The Labute approximate surface area is 122 Å². The summed E-state index contributed by atoms with van der Waals surface area (Å²) in [6.45, 7) is 4.61. The Morgan fingerprint density at radius 2 is 1.90 bits per heavy atom. The van der Waals surface area contributed by atoms with E-state index in [-0.39, 0.29) is 0 Å². The quantitative estimate of drug-likeness (QED) is 0.774. The highest BCUT2D eigenvalue weighted by Crippen LogP contribution is 2.24. The van der Waals surface area contributed by atoms with Crippen molar-refractivity contribution in [2.75, 3.05) is 0 Å². The number of aryl methyl sites for hydroxylation is 2. The van der Waals surface area contributed by atoms with Crippen LogP contribution in [0.3, 0.4) is 0 Å². The fourth-order valence-corrected chi connectivity index (χ4v) is 2.36. The number of aromatic amines is 1. The number of rotatable bonds is 3. The molecule has 0 aliphatic heterocycles. The Kier molecular flexibility index (Phi) is 3.36. The third kappa shape index (κ3) is 2.37. The summed E-state index contributed by atoms with van der Waals surface area (Å²) < 4.78 is 5.76. The van der Waals surface area contributed by atoms with E-state index >= 15 is 0 Å². The van der Waals surface area contributed by atoms with Crippen LogP contribution in [0.25, 0.3) is 10.9 Å². The van der Waals surface area contributed by atoms with Crippen LogP contribution in [0.4, 0.5) is 0 Å². The van der Waals surface area contributed by atoms with Gasteiger partial charge in [-0.05, 0) is 49.7 Å². The van der Waals surface area contributed by atoms with E-state index in [2.05, 4.69) is 23.8 Å². The molecule has 0 saturated carbocycles. The average molecular weight is 287 g/mol. The molecule has 0 fully saturated rings. The van der Waals surface area contributed by atoms with Gasteiger partial charge < -0.3 is 9.72 Å². The maximum Gasteiger partial charge on any atom is 0.132 e. The summed E-state index contributed by atoms with van der Waals surface area (Å²) in [5, 5.41) is 1.90. The highest BCUT2D eigenvalue weighted by atomic mass is 35.5. The highest BCUT2D eigenvalue weighted by Gasteiger charge is 2.09. The number of ether oxygens (including phenoxy) is 1. The lowest BCUT2D eigenvalue weighted by atomic mass is 10.2. The van der Waals surface area contributed by atoms with Crippen molar-refractivity contribution < 1.29 is 4.74 Å². The molecule has 0 amide bonds. The predicted molar refractivity (Wildman–Crippen MR) is 81.4 cm³/mol. The van der Waals surface area contributed by atoms with Gasteiger partial charge in [0.1, 0.15) is 18.1 Å². The van der Waals surface area contributed by atoms with Crippen LogP contribution < -0.4 is 4.74 Å². The molecule has 3 aromatic rings. The summed E-state index contributed by atoms with van der Waals surface area (Å²) in [5.74, 6) is 0.785. The normalized spacial score (nSPS) is 10.9. The number of nitrogens with zero attached hydrogens (tertiary/aromatic N) is 1. The SMILES string of the molecule is Cc1[nH]c2c(COc3ccc(Cl)cc3)nccc2c1C. The average Bonchev–Trinajstić information content (AvgIpc) is 2.75. The number of hydrogen-bond donors (Lipinski definition) is 1. The molecule has 0 aliphatic rings. The van der Waals surface area contributed by atoms with Crippen molar-refractivity contribution in [2.24, 2.45) is 0 Å². The maximum atomic E-state index is 5.85. The van der Waals surface area contributed by atoms with Gasteiger partial charge in [-0.1, -0.05) is 11.6 Å². The molecule has 1 aromatic carbocycles. The lowest BCUT2D eigenvalue weighted by molar-refractivity contribution is 0.303. The monoisotopic (exact) mass is 286 g/mol. The molecule has 2 heterocycles. The third-order valence-electron chi connectivity index (χ3n) is 3.50. The van der Waals surface area contributed by atoms with Crippen LogP contribution in [0.15, 0.2) is 36.5 Å². The second kappa shape index (κ2) is 5.17. The number of benzene rings is 1. The molecule has 0 spiro atoms. The van der Waals surface area contributed by atoms with Crippen LogP contribution in [-0.4, -0.2) is 9.97 Å². The largest absolute Gasteiger partial charge is 0.487 e. The first-order chi connectivity index (χ1) is 9.65. The number of H-pyrrole nitrogens is 1. The van der Waals surface area contributed by atoms with Crippen molar-refractivity contribution in [3.63, 3.8) is 0 Å². The molecule has 102 valence electrons. The summed E-state index contributed by atoms with van der Waals surface area (Å²) >= 11 is 5.85. The summed E-state index contributed by atoms with van der Waals surface area (Å²) in [7, 11) is 0. The van der Waals surface area contributed by atoms with Crippen LogP contribution in [-0.2, 0) is 6.61 Å². The Morgan fingerprint density at radius 1 is 1.15 bits per heavy atom. The highest BCUT2D eigenvalue weighted by molar-refractivity contribution is 6.30. The second-order valence-electron chi connectivity index (χ2n) is 4.80. The first-order valence-electron chi connectivity index (χ1n) is 6.46.